The van der Waals surface area contributed by atoms with Gasteiger partial charge in [0.15, 0.2) is 5.58 Å². The van der Waals surface area contributed by atoms with Gasteiger partial charge in [0.1, 0.15) is 22.9 Å². The fraction of sp³-hybridized carbons (Fsp3) is 0. The molecule has 0 amide bonds. The third-order valence-corrected chi connectivity index (χ3v) is 5.76. The minimum atomic E-state index is -0.424. The first-order valence-corrected chi connectivity index (χ1v) is 10.5. The van der Waals surface area contributed by atoms with Crippen LogP contribution in [0.4, 0.5) is 10.1 Å². The molecule has 0 aliphatic heterocycles. The highest BCUT2D eigenvalue weighted by atomic mass is 35.5. The molecule has 158 valence electrons. The van der Waals surface area contributed by atoms with Crippen LogP contribution in [-0.4, -0.2) is 11.2 Å². The molecule has 0 bridgehead atoms. The lowest BCUT2D eigenvalue weighted by atomic mass is 10.2. The Hall–Kier alpha value is -3.12. The van der Waals surface area contributed by atoms with Gasteiger partial charge in [0.05, 0.1) is 32.5 Å². The van der Waals surface area contributed by atoms with Crippen LogP contribution >= 0.6 is 34.8 Å². The van der Waals surface area contributed by atoms with Crippen LogP contribution in [0, 0.1) is 5.82 Å². The lowest BCUT2D eigenvalue weighted by Crippen LogP contribution is -1.81. The van der Waals surface area contributed by atoms with Crippen molar-refractivity contribution in [2.75, 3.05) is 0 Å². The Kier molecular flexibility index (Phi) is 5.47. The number of fused-ring (bicyclic) bond motifs is 1. The number of aromatic nitrogens is 1. The summed E-state index contributed by atoms with van der Waals surface area (Å²) >= 11 is 18.2. The zero-order chi connectivity index (χ0) is 22.2. The highest BCUT2D eigenvalue weighted by Gasteiger charge is 2.13. The second-order valence-corrected chi connectivity index (χ2v) is 8.11. The highest BCUT2D eigenvalue weighted by Crippen LogP contribution is 2.32. The number of furan rings is 1. The Labute approximate surface area is 196 Å². The van der Waals surface area contributed by atoms with Crippen LogP contribution in [0.2, 0.25) is 15.1 Å². The second kappa shape index (κ2) is 8.43. The van der Waals surface area contributed by atoms with Crippen molar-refractivity contribution in [1.29, 1.82) is 0 Å². The number of oxazole rings is 1. The van der Waals surface area contributed by atoms with Gasteiger partial charge < -0.3 is 8.83 Å². The molecule has 0 atom stereocenters. The summed E-state index contributed by atoms with van der Waals surface area (Å²) in [5, 5.41) is 1.17. The van der Waals surface area contributed by atoms with E-state index in [4.69, 9.17) is 43.6 Å². The van der Waals surface area contributed by atoms with Crippen LogP contribution < -0.4 is 0 Å². The molecule has 0 fully saturated rings. The average molecular weight is 486 g/mol. The van der Waals surface area contributed by atoms with Gasteiger partial charge >= 0.3 is 0 Å². The van der Waals surface area contributed by atoms with E-state index in [0.29, 0.717) is 49.8 Å². The van der Waals surface area contributed by atoms with E-state index in [0.717, 1.165) is 5.56 Å². The van der Waals surface area contributed by atoms with Crippen LogP contribution in [0.5, 0.6) is 0 Å². The average Bonchev–Trinajstić information content (AvgIpc) is 3.41. The highest BCUT2D eigenvalue weighted by molar-refractivity contribution is 6.42. The summed E-state index contributed by atoms with van der Waals surface area (Å²) in [7, 11) is 0. The molecule has 0 aliphatic rings. The second-order valence-electron chi connectivity index (χ2n) is 6.88. The Morgan fingerprint density at radius 3 is 2.50 bits per heavy atom. The van der Waals surface area contributed by atoms with E-state index in [1.807, 2.05) is 18.2 Å². The number of halogens is 4. The van der Waals surface area contributed by atoms with Gasteiger partial charge in [-0.3, -0.25) is 4.99 Å². The lowest BCUT2D eigenvalue weighted by Gasteiger charge is -1.99. The van der Waals surface area contributed by atoms with Gasteiger partial charge in [-0.25, -0.2) is 9.37 Å². The first-order valence-electron chi connectivity index (χ1n) is 9.41. The fourth-order valence-electron chi connectivity index (χ4n) is 3.14. The van der Waals surface area contributed by atoms with Gasteiger partial charge in [-0.15, -0.1) is 0 Å². The maximum atomic E-state index is 13.3. The Balaban J connectivity index is 1.39. The molecule has 5 aromatic rings. The van der Waals surface area contributed by atoms with Crippen molar-refractivity contribution in [1.82, 2.24) is 4.98 Å². The summed E-state index contributed by atoms with van der Waals surface area (Å²) in [5.74, 6) is 1.11. The number of hydrogen-bond acceptors (Lipinski definition) is 4. The summed E-state index contributed by atoms with van der Waals surface area (Å²) in [6, 6.07) is 18.3. The Morgan fingerprint density at radius 1 is 0.812 bits per heavy atom. The summed E-state index contributed by atoms with van der Waals surface area (Å²) in [5.41, 5.74) is 3.16. The maximum Gasteiger partial charge on any atom is 0.228 e. The molecule has 3 aromatic carbocycles. The molecule has 0 aliphatic carbocycles. The van der Waals surface area contributed by atoms with E-state index in [1.165, 1.54) is 18.2 Å². The molecular weight excluding hydrogens is 474 g/mol. The standard InChI is InChI=1S/C24H12Cl3FN2O2/c25-18-6-1-13(9-20(18)27)22-8-4-16(31-22)12-29-15-3-7-23-21(11-15)30-24(32-23)17-5-2-14(28)10-19(17)26/h1-12H. The van der Waals surface area contributed by atoms with Crippen molar-refractivity contribution in [2.24, 2.45) is 4.99 Å². The van der Waals surface area contributed by atoms with Crippen molar-refractivity contribution >= 4 is 57.8 Å². The van der Waals surface area contributed by atoms with Crippen molar-refractivity contribution in [3.05, 3.63) is 93.4 Å². The quantitative estimate of drug-likeness (QED) is 0.239. The number of aliphatic imine (C=N–C) groups is 1. The van der Waals surface area contributed by atoms with Gasteiger partial charge in [0, 0.05) is 5.56 Å². The maximum absolute atomic E-state index is 13.3. The Morgan fingerprint density at radius 2 is 1.69 bits per heavy atom. The largest absolute Gasteiger partial charge is 0.455 e. The van der Waals surface area contributed by atoms with Gasteiger partial charge in [-0.05, 0) is 66.7 Å². The first-order chi connectivity index (χ1) is 15.5. The van der Waals surface area contributed by atoms with Crippen molar-refractivity contribution < 1.29 is 13.2 Å². The molecular formula is C24H12Cl3FN2O2. The lowest BCUT2D eigenvalue weighted by molar-refractivity contribution is 0.575. The first kappa shape index (κ1) is 20.8. The fourth-order valence-corrected chi connectivity index (χ4v) is 3.69. The van der Waals surface area contributed by atoms with Gasteiger partial charge in [0.2, 0.25) is 5.89 Å². The normalized spacial score (nSPS) is 11.6. The molecule has 5 rings (SSSR count). The number of rotatable bonds is 4. The van der Waals surface area contributed by atoms with Crippen LogP contribution in [0.1, 0.15) is 5.76 Å². The van der Waals surface area contributed by atoms with Gasteiger partial charge in [0.25, 0.3) is 0 Å². The molecule has 0 spiro atoms. The van der Waals surface area contributed by atoms with Crippen LogP contribution in [0.15, 0.2) is 80.6 Å². The van der Waals surface area contributed by atoms with E-state index < -0.39 is 5.82 Å². The molecule has 0 radical (unpaired) electrons. The van der Waals surface area contributed by atoms with E-state index in [1.54, 1.807) is 36.5 Å². The number of benzene rings is 3. The zero-order valence-electron chi connectivity index (χ0n) is 16.2. The molecule has 4 nitrogen and oxygen atoms in total. The summed E-state index contributed by atoms with van der Waals surface area (Å²) in [4.78, 5) is 8.91. The summed E-state index contributed by atoms with van der Waals surface area (Å²) in [6.07, 6.45) is 1.61. The predicted molar refractivity (Wildman–Crippen MR) is 126 cm³/mol. The summed E-state index contributed by atoms with van der Waals surface area (Å²) < 4.78 is 24.9. The van der Waals surface area contributed by atoms with E-state index in [2.05, 4.69) is 9.98 Å². The molecule has 0 unspecified atom stereocenters. The van der Waals surface area contributed by atoms with Crippen molar-refractivity contribution in [2.45, 2.75) is 0 Å². The van der Waals surface area contributed by atoms with Crippen molar-refractivity contribution in [3.8, 4) is 22.8 Å². The monoisotopic (exact) mass is 484 g/mol. The molecule has 32 heavy (non-hydrogen) atoms. The SMILES string of the molecule is Fc1ccc(-c2nc3cc(N=Cc4ccc(-c5ccc(Cl)c(Cl)c5)o4)ccc3o2)c(Cl)c1. The van der Waals surface area contributed by atoms with Crippen LogP contribution in [0.25, 0.3) is 33.9 Å². The van der Waals surface area contributed by atoms with E-state index in [-0.39, 0.29) is 5.02 Å². The number of hydrogen-bond donors (Lipinski definition) is 0. The third kappa shape index (κ3) is 4.15. The minimum absolute atomic E-state index is 0.227. The zero-order valence-corrected chi connectivity index (χ0v) is 18.4. The molecule has 0 N–H and O–H groups in total. The number of nitrogens with zero attached hydrogens (tertiary/aromatic N) is 2. The molecule has 0 saturated heterocycles. The Bertz CT molecular complexity index is 1490. The smallest absolute Gasteiger partial charge is 0.228 e. The molecule has 2 aromatic heterocycles. The summed E-state index contributed by atoms with van der Waals surface area (Å²) in [6.45, 7) is 0. The van der Waals surface area contributed by atoms with E-state index >= 15 is 0 Å². The molecule has 8 heteroatoms. The topological polar surface area (TPSA) is 51.5 Å². The van der Waals surface area contributed by atoms with E-state index in [9.17, 15) is 4.39 Å². The van der Waals surface area contributed by atoms with Crippen molar-refractivity contribution in [3.63, 3.8) is 0 Å². The molecule has 2 heterocycles. The predicted octanol–water partition coefficient (Wildman–Crippen LogP) is 8.60. The van der Waals surface area contributed by atoms with Crippen LogP contribution in [-0.2, 0) is 0 Å². The third-order valence-electron chi connectivity index (χ3n) is 4.70. The molecule has 0 saturated carbocycles. The minimum Gasteiger partial charge on any atom is -0.455 e. The van der Waals surface area contributed by atoms with Gasteiger partial charge in [-0.1, -0.05) is 34.8 Å². The van der Waals surface area contributed by atoms with Crippen LogP contribution in [0.3, 0.4) is 0 Å². The van der Waals surface area contributed by atoms with Gasteiger partial charge in [-0.2, -0.15) is 0 Å².